The molecule has 1 aliphatic heterocycles. The number of hydrogen-bond donors (Lipinski definition) is 2. The molecule has 1 saturated heterocycles. The molecule has 1 amide bonds. The van der Waals surface area contributed by atoms with Gasteiger partial charge in [0, 0.05) is 26.2 Å². The van der Waals surface area contributed by atoms with Crippen LogP contribution in [-0.2, 0) is 20.7 Å². The van der Waals surface area contributed by atoms with Gasteiger partial charge >= 0.3 is 5.97 Å². The maximum absolute atomic E-state index is 13.6. The molecule has 1 aliphatic rings. The molecule has 1 unspecified atom stereocenters. The quantitative estimate of drug-likeness (QED) is 0.747. The van der Waals surface area contributed by atoms with Crippen LogP contribution in [0.4, 0.5) is 4.39 Å². The Morgan fingerprint density at radius 3 is 2.72 bits per heavy atom. The van der Waals surface area contributed by atoms with Crippen LogP contribution in [0.1, 0.15) is 24.8 Å². The first-order valence-electron chi connectivity index (χ1n) is 8.41. The van der Waals surface area contributed by atoms with Crippen molar-refractivity contribution in [1.82, 2.24) is 5.32 Å². The number of nitrogens with one attached hydrogen (secondary N) is 1. The minimum absolute atomic E-state index is 0.0160. The molecule has 0 aromatic heterocycles. The van der Waals surface area contributed by atoms with Crippen LogP contribution in [0.2, 0.25) is 0 Å². The summed E-state index contributed by atoms with van der Waals surface area (Å²) >= 11 is 0. The van der Waals surface area contributed by atoms with Crippen molar-refractivity contribution in [3.05, 3.63) is 29.6 Å². The van der Waals surface area contributed by atoms with Crippen LogP contribution < -0.4 is 10.1 Å². The summed E-state index contributed by atoms with van der Waals surface area (Å²) in [6, 6.07) is 4.57. The van der Waals surface area contributed by atoms with Crippen LogP contribution in [0.5, 0.6) is 5.75 Å². The molecule has 1 aromatic carbocycles. The number of carbonyl (C=O) groups excluding carboxylic acids is 1. The van der Waals surface area contributed by atoms with E-state index < -0.39 is 17.7 Å². The lowest BCUT2D eigenvalue weighted by Gasteiger charge is -2.27. The van der Waals surface area contributed by atoms with Crippen LogP contribution in [-0.4, -0.2) is 43.9 Å². The Morgan fingerprint density at radius 1 is 1.40 bits per heavy atom. The fourth-order valence-corrected chi connectivity index (χ4v) is 3.01. The molecule has 0 aliphatic carbocycles. The third-order valence-electron chi connectivity index (χ3n) is 4.53. The van der Waals surface area contributed by atoms with Crippen molar-refractivity contribution >= 4 is 11.9 Å². The fraction of sp³-hybridized carbons (Fsp3) is 0.556. The highest BCUT2D eigenvalue weighted by atomic mass is 19.1. The molecule has 1 aromatic rings. The number of amides is 1. The number of rotatable bonds is 8. The van der Waals surface area contributed by atoms with Gasteiger partial charge in [0.1, 0.15) is 0 Å². The van der Waals surface area contributed by atoms with Gasteiger partial charge in [-0.05, 0) is 42.9 Å². The molecule has 138 valence electrons. The van der Waals surface area contributed by atoms with Crippen molar-refractivity contribution in [3.8, 4) is 5.75 Å². The van der Waals surface area contributed by atoms with E-state index in [1.807, 2.05) is 0 Å². The molecule has 0 spiro atoms. The van der Waals surface area contributed by atoms with E-state index in [0.29, 0.717) is 38.0 Å². The van der Waals surface area contributed by atoms with Gasteiger partial charge in [0.25, 0.3) is 0 Å². The van der Waals surface area contributed by atoms with Crippen LogP contribution in [0, 0.1) is 17.7 Å². The van der Waals surface area contributed by atoms with E-state index >= 15 is 0 Å². The van der Waals surface area contributed by atoms with Gasteiger partial charge in [0.2, 0.25) is 5.91 Å². The number of carboxylic acids is 1. The highest BCUT2D eigenvalue weighted by molar-refractivity contribution is 5.77. The molecule has 0 saturated carbocycles. The molecular formula is C18H24FNO5. The first kappa shape index (κ1) is 19.2. The third kappa shape index (κ3) is 5.70. The summed E-state index contributed by atoms with van der Waals surface area (Å²) < 4.78 is 23.7. The molecule has 2 rings (SSSR count). The maximum Gasteiger partial charge on any atom is 0.308 e. The van der Waals surface area contributed by atoms with Crippen molar-refractivity contribution in [1.29, 1.82) is 0 Å². The van der Waals surface area contributed by atoms with Crippen molar-refractivity contribution in [2.45, 2.75) is 25.7 Å². The Labute approximate surface area is 146 Å². The second kappa shape index (κ2) is 9.36. The lowest BCUT2D eigenvalue weighted by atomic mass is 9.86. The van der Waals surface area contributed by atoms with Crippen molar-refractivity contribution in [2.24, 2.45) is 11.8 Å². The summed E-state index contributed by atoms with van der Waals surface area (Å²) in [5.74, 6) is -2.03. The number of carbonyl (C=O) groups is 2. The topological polar surface area (TPSA) is 84.9 Å². The molecule has 6 nitrogen and oxygen atoms in total. The van der Waals surface area contributed by atoms with Gasteiger partial charge in [0.05, 0.1) is 13.0 Å². The van der Waals surface area contributed by atoms with Gasteiger partial charge in [-0.2, -0.15) is 0 Å². The summed E-state index contributed by atoms with van der Waals surface area (Å²) in [5.41, 5.74) is 0.688. The Kier molecular flexibility index (Phi) is 7.18. The first-order chi connectivity index (χ1) is 12.0. The minimum atomic E-state index is -0.899. The van der Waals surface area contributed by atoms with Crippen molar-refractivity contribution in [2.75, 3.05) is 26.9 Å². The number of benzene rings is 1. The monoisotopic (exact) mass is 353 g/mol. The molecule has 0 bridgehead atoms. The van der Waals surface area contributed by atoms with Crippen molar-refractivity contribution < 1.29 is 28.6 Å². The summed E-state index contributed by atoms with van der Waals surface area (Å²) in [6.07, 6.45) is 1.93. The molecule has 7 heteroatoms. The predicted molar refractivity (Wildman–Crippen MR) is 89.0 cm³/mol. The van der Waals surface area contributed by atoms with E-state index in [1.54, 1.807) is 6.07 Å². The molecule has 25 heavy (non-hydrogen) atoms. The molecule has 1 fully saturated rings. The molecule has 1 atom stereocenters. The number of halogens is 1. The van der Waals surface area contributed by atoms with Crippen LogP contribution in [0.25, 0.3) is 0 Å². The normalized spacial score (nSPS) is 16.2. The maximum atomic E-state index is 13.6. The average Bonchev–Trinajstić information content (AvgIpc) is 2.61. The number of hydrogen-bond acceptors (Lipinski definition) is 4. The summed E-state index contributed by atoms with van der Waals surface area (Å²) in [6.45, 7) is 1.23. The Balaban J connectivity index is 1.80. The van der Waals surface area contributed by atoms with E-state index in [4.69, 9.17) is 9.47 Å². The van der Waals surface area contributed by atoms with Gasteiger partial charge in [-0.1, -0.05) is 6.07 Å². The van der Waals surface area contributed by atoms with E-state index in [2.05, 4.69) is 5.32 Å². The highest BCUT2D eigenvalue weighted by Crippen LogP contribution is 2.24. The third-order valence-corrected chi connectivity index (χ3v) is 4.53. The molecule has 1 heterocycles. The van der Waals surface area contributed by atoms with Crippen LogP contribution >= 0.6 is 0 Å². The van der Waals surface area contributed by atoms with Crippen molar-refractivity contribution in [3.63, 3.8) is 0 Å². The van der Waals surface area contributed by atoms with Gasteiger partial charge in [0.15, 0.2) is 11.6 Å². The van der Waals surface area contributed by atoms with E-state index in [0.717, 1.165) is 0 Å². The summed E-state index contributed by atoms with van der Waals surface area (Å²) in [7, 11) is 1.39. The zero-order chi connectivity index (χ0) is 18.2. The summed E-state index contributed by atoms with van der Waals surface area (Å²) in [5, 5.41) is 12.1. The minimum Gasteiger partial charge on any atom is -0.494 e. The molecule has 2 N–H and O–H groups in total. The SMILES string of the molecule is COc1ccc(CCC(=O)NCC(C(=O)O)C2CCOCC2)cc1F. The summed E-state index contributed by atoms with van der Waals surface area (Å²) in [4.78, 5) is 23.4. The largest absolute Gasteiger partial charge is 0.494 e. The lowest BCUT2D eigenvalue weighted by Crippen LogP contribution is -2.39. The second-order valence-electron chi connectivity index (χ2n) is 6.17. The Bertz CT molecular complexity index is 601. The Hall–Kier alpha value is -2.15. The van der Waals surface area contributed by atoms with Gasteiger partial charge in [-0.25, -0.2) is 4.39 Å². The number of aryl methyl sites for hydroxylation is 1. The standard InChI is InChI=1S/C18H24FNO5/c1-24-16-4-2-12(10-15(16)19)3-5-17(21)20-11-14(18(22)23)13-6-8-25-9-7-13/h2,4,10,13-14H,3,5-9,11H2,1H3,(H,20,21)(H,22,23). The smallest absolute Gasteiger partial charge is 0.308 e. The predicted octanol–water partition coefficient (Wildman–Crippen LogP) is 2.01. The first-order valence-corrected chi connectivity index (χ1v) is 8.41. The Morgan fingerprint density at radius 2 is 2.12 bits per heavy atom. The van der Waals surface area contributed by atoms with E-state index in [-0.39, 0.29) is 30.5 Å². The fourth-order valence-electron chi connectivity index (χ4n) is 3.01. The highest BCUT2D eigenvalue weighted by Gasteiger charge is 2.29. The number of ether oxygens (including phenoxy) is 2. The van der Waals surface area contributed by atoms with Gasteiger partial charge < -0.3 is 19.9 Å². The van der Waals surface area contributed by atoms with Crippen LogP contribution in [0.15, 0.2) is 18.2 Å². The van der Waals surface area contributed by atoms with Crippen LogP contribution in [0.3, 0.4) is 0 Å². The zero-order valence-corrected chi connectivity index (χ0v) is 14.3. The molecular weight excluding hydrogens is 329 g/mol. The van der Waals surface area contributed by atoms with Gasteiger partial charge in [-0.3, -0.25) is 9.59 Å². The number of methoxy groups -OCH3 is 1. The number of aliphatic carboxylic acids is 1. The van der Waals surface area contributed by atoms with E-state index in [9.17, 15) is 19.1 Å². The second-order valence-corrected chi connectivity index (χ2v) is 6.17. The number of carboxylic acid groups (broad SMARTS) is 1. The van der Waals surface area contributed by atoms with Gasteiger partial charge in [-0.15, -0.1) is 0 Å². The average molecular weight is 353 g/mol. The molecule has 0 radical (unpaired) electrons. The van der Waals surface area contributed by atoms with E-state index in [1.165, 1.54) is 19.2 Å². The lowest BCUT2D eigenvalue weighted by molar-refractivity contribution is -0.145. The zero-order valence-electron chi connectivity index (χ0n) is 14.3.